The minimum atomic E-state index is 0.197. The Morgan fingerprint density at radius 1 is 1.32 bits per heavy atom. The molecule has 106 valence electrons. The van der Waals surface area contributed by atoms with E-state index in [1.54, 1.807) is 7.11 Å². The second-order valence-electron chi connectivity index (χ2n) is 5.26. The molecule has 1 aliphatic carbocycles. The SMILES string of the molecule is CCOC1CC(NCC(C)c2ccccc2)C1OC. The summed E-state index contributed by atoms with van der Waals surface area (Å²) in [6.45, 7) is 6.03. The predicted octanol–water partition coefficient (Wildman–Crippen LogP) is 2.57. The van der Waals surface area contributed by atoms with Gasteiger partial charge in [0.05, 0.1) is 12.2 Å². The maximum Gasteiger partial charge on any atom is 0.0986 e. The zero-order valence-corrected chi connectivity index (χ0v) is 12.1. The third kappa shape index (κ3) is 3.56. The fraction of sp³-hybridized carbons (Fsp3) is 0.625. The van der Waals surface area contributed by atoms with Crippen molar-refractivity contribution < 1.29 is 9.47 Å². The Balaban J connectivity index is 1.77. The molecule has 4 atom stereocenters. The smallest absolute Gasteiger partial charge is 0.0986 e. The summed E-state index contributed by atoms with van der Waals surface area (Å²) >= 11 is 0. The maximum atomic E-state index is 5.64. The zero-order chi connectivity index (χ0) is 13.7. The van der Waals surface area contributed by atoms with Crippen molar-refractivity contribution in [3.05, 3.63) is 35.9 Å². The van der Waals surface area contributed by atoms with Gasteiger partial charge in [0.1, 0.15) is 0 Å². The molecule has 19 heavy (non-hydrogen) atoms. The van der Waals surface area contributed by atoms with Gasteiger partial charge in [0.2, 0.25) is 0 Å². The van der Waals surface area contributed by atoms with Crippen molar-refractivity contribution in [2.45, 2.75) is 44.4 Å². The van der Waals surface area contributed by atoms with Crippen LogP contribution in [0.5, 0.6) is 0 Å². The number of hydrogen-bond donors (Lipinski definition) is 1. The summed E-state index contributed by atoms with van der Waals surface area (Å²) in [4.78, 5) is 0. The predicted molar refractivity (Wildman–Crippen MR) is 77.5 cm³/mol. The van der Waals surface area contributed by atoms with Crippen LogP contribution in [0, 0.1) is 0 Å². The molecule has 1 saturated carbocycles. The van der Waals surface area contributed by atoms with Gasteiger partial charge in [-0.3, -0.25) is 0 Å². The highest BCUT2D eigenvalue weighted by molar-refractivity contribution is 5.19. The van der Waals surface area contributed by atoms with Crippen LogP contribution < -0.4 is 5.32 Å². The fourth-order valence-electron chi connectivity index (χ4n) is 2.70. The van der Waals surface area contributed by atoms with Crippen LogP contribution in [0.2, 0.25) is 0 Å². The largest absolute Gasteiger partial charge is 0.377 e. The summed E-state index contributed by atoms with van der Waals surface area (Å²) < 4.78 is 11.2. The van der Waals surface area contributed by atoms with E-state index in [1.165, 1.54) is 5.56 Å². The molecule has 3 heteroatoms. The van der Waals surface area contributed by atoms with E-state index in [0.29, 0.717) is 12.0 Å². The third-order valence-corrected chi connectivity index (χ3v) is 3.96. The number of nitrogens with one attached hydrogen (secondary N) is 1. The van der Waals surface area contributed by atoms with E-state index in [4.69, 9.17) is 9.47 Å². The van der Waals surface area contributed by atoms with Crippen molar-refractivity contribution in [1.82, 2.24) is 5.32 Å². The van der Waals surface area contributed by atoms with Gasteiger partial charge in [0.25, 0.3) is 0 Å². The third-order valence-electron chi connectivity index (χ3n) is 3.96. The van der Waals surface area contributed by atoms with Crippen molar-refractivity contribution in [3.8, 4) is 0 Å². The van der Waals surface area contributed by atoms with Gasteiger partial charge in [-0.1, -0.05) is 37.3 Å². The van der Waals surface area contributed by atoms with Gasteiger partial charge in [-0.2, -0.15) is 0 Å². The maximum absolute atomic E-state index is 5.64. The Morgan fingerprint density at radius 3 is 2.68 bits per heavy atom. The lowest BCUT2D eigenvalue weighted by Gasteiger charge is -2.43. The summed E-state index contributed by atoms with van der Waals surface area (Å²) in [7, 11) is 1.77. The van der Waals surface area contributed by atoms with E-state index in [-0.39, 0.29) is 12.2 Å². The molecule has 0 saturated heterocycles. The molecule has 0 bridgehead atoms. The molecule has 1 aromatic rings. The second kappa shape index (κ2) is 7.04. The van der Waals surface area contributed by atoms with E-state index in [9.17, 15) is 0 Å². The lowest BCUT2D eigenvalue weighted by atomic mass is 9.84. The minimum Gasteiger partial charge on any atom is -0.377 e. The number of rotatable bonds is 7. The summed E-state index contributed by atoms with van der Waals surface area (Å²) in [5.41, 5.74) is 1.38. The second-order valence-corrected chi connectivity index (χ2v) is 5.26. The minimum absolute atomic E-state index is 0.197. The van der Waals surface area contributed by atoms with Gasteiger partial charge in [-0.05, 0) is 24.8 Å². The summed E-state index contributed by atoms with van der Waals surface area (Å²) in [5.74, 6) is 0.518. The van der Waals surface area contributed by atoms with Crippen LogP contribution in [0.15, 0.2) is 30.3 Å². The molecule has 2 rings (SSSR count). The van der Waals surface area contributed by atoms with Gasteiger partial charge in [-0.25, -0.2) is 0 Å². The van der Waals surface area contributed by atoms with Crippen molar-refractivity contribution in [3.63, 3.8) is 0 Å². The van der Waals surface area contributed by atoms with Gasteiger partial charge in [0.15, 0.2) is 0 Å². The molecule has 0 radical (unpaired) electrons. The molecule has 0 spiro atoms. The zero-order valence-electron chi connectivity index (χ0n) is 12.1. The molecule has 0 heterocycles. The van der Waals surface area contributed by atoms with Gasteiger partial charge in [0, 0.05) is 26.3 Å². The first-order valence-corrected chi connectivity index (χ1v) is 7.19. The Labute approximate surface area is 116 Å². The quantitative estimate of drug-likeness (QED) is 0.820. The molecule has 1 aromatic carbocycles. The molecular formula is C16H25NO2. The highest BCUT2D eigenvalue weighted by atomic mass is 16.5. The molecule has 1 aliphatic rings. The average molecular weight is 263 g/mol. The van der Waals surface area contributed by atoms with Crippen LogP contribution in [-0.4, -0.2) is 38.5 Å². The number of methoxy groups -OCH3 is 1. The van der Waals surface area contributed by atoms with Crippen LogP contribution in [0.3, 0.4) is 0 Å². The lowest BCUT2D eigenvalue weighted by molar-refractivity contribution is -0.131. The van der Waals surface area contributed by atoms with Crippen molar-refractivity contribution in [1.29, 1.82) is 0 Å². The van der Waals surface area contributed by atoms with Crippen LogP contribution >= 0.6 is 0 Å². The first-order valence-electron chi connectivity index (χ1n) is 7.19. The van der Waals surface area contributed by atoms with E-state index in [1.807, 2.05) is 6.92 Å². The van der Waals surface area contributed by atoms with Crippen LogP contribution in [0.4, 0.5) is 0 Å². The lowest BCUT2D eigenvalue weighted by Crippen LogP contribution is -2.60. The summed E-state index contributed by atoms with van der Waals surface area (Å²) in [5, 5.41) is 3.60. The topological polar surface area (TPSA) is 30.5 Å². The molecule has 0 aliphatic heterocycles. The molecule has 1 N–H and O–H groups in total. The monoisotopic (exact) mass is 263 g/mol. The highest BCUT2D eigenvalue weighted by Crippen LogP contribution is 2.27. The number of benzene rings is 1. The van der Waals surface area contributed by atoms with Crippen molar-refractivity contribution >= 4 is 0 Å². The van der Waals surface area contributed by atoms with Gasteiger partial charge >= 0.3 is 0 Å². The molecule has 3 nitrogen and oxygen atoms in total. The van der Waals surface area contributed by atoms with Crippen LogP contribution in [0.25, 0.3) is 0 Å². The Morgan fingerprint density at radius 2 is 2.05 bits per heavy atom. The first kappa shape index (κ1) is 14.5. The van der Waals surface area contributed by atoms with Crippen LogP contribution in [-0.2, 0) is 9.47 Å². The summed E-state index contributed by atoms with van der Waals surface area (Å²) in [6, 6.07) is 11.0. The Bertz CT molecular complexity index is 368. The summed E-state index contributed by atoms with van der Waals surface area (Å²) in [6.07, 6.45) is 1.51. The molecule has 4 unspecified atom stereocenters. The van der Waals surface area contributed by atoms with E-state index in [2.05, 4.69) is 42.6 Å². The van der Waals surface area contributed by atoms with Crippen molar-refractivity contribution in [2.75, 3.05) is 20.3 Å². The number of ether oxygens (including phenoxy) is 2. The fourth-order valence-corrected chi connectivity index (χ4v) is 2.70. The van der Waals surface area contributed by atoms with Crippen molar-refractivity contribution in [2.24, 2.45) is 0 Å². The normalized spacial score (nSPS) is 27.8. The van der Waals surface area contributed by atoms with Crippen LogP contribution in [0.1, 0.15) is 31.7 Å². The molecular weight excluding hydrogens is 238 g/mol. The average Bonchev–Trinajstić information content (AvgIpc) is 2.43. The highest BCUT2D eigenvalue weighted by Gasteiger charge is 2.41. The van der Waals surface area contributed by atoms with E-state index in [0.717, 1.165) is 19.6 Å². The molecule has 0 aromatic heterocycles. The Kier molecular flexibility index (Phi) is 5.37. The number of hydrogen-bond acceptors (Lipinski definition) is 3. The standard InChI is InChI=1S/C16H25NO2/c1-4-19-15-10-14(16(15)18-3)17-11-12(2)13-8-6-5-7-9-13/h5-9,12,14-17H,4,10-11H2,1-3H3. The first-order chi connectivity index (χ1) is 9.26. The molecule has 0 amide bonds. The van der Waals surface area contributed by atoms with Gasteiger partial charge < -0.3 is 14.8 Å². The van der Waals surface area contributed by atoms with Gasteiger partial charge in [-0.15, -0.1) is 0 Å². The molecule has 1 fully saturated rings. The van der Waals surface area contributed by atoms with E-state index < -0.39 is 0 Å². The Hall–Kier alpha value is -0.900. The van der Waals surface area contributed by atoms with E-state index >= 15 is 0 Å².